The monoisotopic (exact) mass is 460 g/mol. The van der Waals surface area contributed by atoms with Gasteiger partial charge in [-0.1, -0.05) is 0 Å². The van der Waals surface area contributed by atoms with Crippen molar-refractivity contribution in [3.63, 3.8) is 0 Å². The molecule has 0 heterocycles. The second-order valence-corrected chi connectivity index (χ2v) is 6.12. The number of benzene rings is 2. The smallest absolute Gasteiger partial charge is 1.00 e. The molecule has 0 aliphatic rings. The minimum absolute atomic E-state index is 0. The van der Waals surface area contributed by atoms with Crippen LogP contribution < -0.4 is 41.1 Å². The van der Waals surface area contributed by atoms with E-state index in [0.29, 0.717) is 22.9 Å². The Labute approximate surface area is 171 Å². The van der Waals surface area contributed by atoms with Gasteiger partial charge in [0.05, 0.1) is 0 Å². The number of hydrogen-bond acceptors (Lipinski definition) is 4. The molecule has 25 heavy (non-hydrogen) atoms. The van der Waals surface area contributed by atoms with Gasteiger partial charge in [0, 0.05) is 0 Å². The average molecular weight is 462 g/mol. The summed E-state index contributed by atoms with van der Waals surface area (Å²) in [6.07, 6.45) is 0. The minimum Gasteiger partial charge on any atom is -1.00 e. The molecule has 2 aromatic carbocycles. The van der Waals surface area contributed by atoms with Crippen molar-refractivity contribution >= 4 is 23.2 Å². The summed E-state index contributed by atoms with van der Waals surface area (Å²) < 4.78 is 11.3. The molecule has 0 spiro atoms. The molecule has 6 nitrogen and oxygen atoms in total. The summed E-state index contributed by atoms with van der Waals surface area (Å²) in [5.41, 5.74) is 1.36. The second-order valence-electron chi connectivity index (χ2n) is 4.71. The molecule has 9 heteroatoms. The van der Waals surface area contributed by atoms with Gasteiger partial charge in [0.25, 0.3) is 0 Å². The van der Waals surface area contributed by atoms with Gasteiger partial charge in [-0.05, 0) is 0 Å². The zero-order valence-corrected chi connectivity index (χ0v) is 17.5. The van der Waals surface area contributed by atoms with Crippen molar-refractivity contribution in [2.45, 2.75) is 13.8 Å². The van der Waals surface area contributed by atoms with Crippen molar-refractivity contribution in [2.24, 2.45) is 0 Å². The van der Waals surface area contributed by atoms with Crippen LogP contribution in [0.2, 0.25) is 0 Å². The normalized spacial score (nSPS) is 8.72. The molecular weight excluding hydrogens is 446 g/mol. The summed E-state index contributed by atoms with van der Waals surface area (Å²) in [7, 11) is 0. The van der Waals surface area contributed by atoms with Crippen LogP contribution in [0, 0.1) is 0 Å². The number of nitrogens with one attached hydrogen (secondary N) is 2. The largest absolute Gasteiger partial charge is 1.00 e. The van der Waals surface area contributed by atoms with Crippen molar-refractivity contribution in [3.8, 4) is 11.5 Å². The molecule has 0 radical (unpaired) electrons. The van der Waals surface area contributed by atoms with Gasteiger partial charge in [-0.15, -0.1) is 0 Å². The fourth-order valence-corrected chi connectivity index (χ4v) is 3.00. The third-order valence-corrected chi connectivity index (χ3v) is 4.20. The number of carbonyl (C=O) groups is 2. The van der Waals surface area contributed by atoms with E-state index in [1.165, 1.54) is 13.8 Å². The van der Waals surface area contributed by atoms with E-state index in [1.54, 1.807) is 36.4 Å². The van der Waals surface area contributed by atoms with Crippen LogP contribution in [0.5, 0.6) is 11.5 Å². The van der Waals surface area contributed by atoms with Crippen LogP contribution in [0.3, 0.4) is 0 Å². The molecule has 0 aliphatic carbocycles. The third kappa shape index (κ3) is 8.91. The zero-order chi connectivity index (χ0) is 16.7. The number of hydrogen-bond donors (Lipinski definition) is 2. The Morgan fingerprint density at radius 3 is 1.56 bits per heavy atom. The Kier molecular flexibility index (Phi) is 11.2. The van der Waals surface area contributed by atoms with Gasteiger partial charge >= 0.3 is 147 Å². The second kappa shape index (κ2) is 11.9. The maximum Gasteiger partial charge on any atom is -1.00 e. The molecule has 0 aliphatic heterocycles. The fourth-order valence-electron chi connectivity index (χ4n) is 1.80. The predicted octanol–water partition coefficient (Wildman–Crippen LogP) is -3.02. The van der Waals surface area contributed by atoms with E-state index >= 15 is 0 Å². The van der Waals surface area contributed by atoms with E-state index in [1.807, 2.05) is 12.1 Å². The van der Waals surface area contributed by atoms with Gasteiger partial charge in [-0.25, -0.2) is 0 Å². The van der Waals surface area contributed by atoms with Gasteiger partial charge in [0.2, 0.25) is 0 Å². The zero-order valence-electron chi connectivity index (χ0n) is 13.5. The molecule has 2 rings (SSSR count). The molecule has 2 N–H and O–H groups in total. The van der Waals surface area contributed by atoms with Crippen molar-refractivity contribution < 1.29 is 64.1 Å². The molecule has 0 unspecified atom stereocenters. The first-order chi connectivity index (χ1) is 11.0. The molecule has 0 atom stereocenters. The molecule has 0 bridgehead atoms. The molecule has 2 amide bonds. The van der Waals surface area contributed by atoms with Gasteiger partial charge < -0.3 is 24.8 Å². The molecule has 0 saturated heterocycles. The Hall–Kier alpha value is -1.56. The Morgan fingerprint density at radius 1 is 0.800 bits per heavy atom. The van der Waals surface area contributed by atoms with Crippen LogP contribution in [0.4, 0.5) is 11.4 Å². The first-order valence-electron chi connectivity index (χ1n) is 6.87. The van der Waals surface area contributed by atoms with Crippen molar-refractivity contribution in [2.75, 3.05) is 10.6 Å². The SMILES string of the molecule is CC(=O)Nc1cccc([O][Zr+2][O]c2cccc(NC(C)=O)c2)c1.[Cl-].[Cl-]. The van der Waals surface area contributed by atoms with Crippen molar-refractivity contribution in [3.05, 3.63) is 48.5 Å². The summed E-state index contributed by atoms with van der Waals surface area (Å²) in [6, 6.07) is 14.3. The average Bonchev–Trinajstić information content (AvgIpc) is 2.46. The topological polar surface area (TPSA) is 76.7 Å². The first kappa shape index (κ1) is 23.4. The van der Waals surface area contributed by atoms with Gasteiger partial charge in [-0.3, -0.25) is 0 Å². The molecule has 0 aromatic heterocycles. The van der Waals surface area contributed by atoms with Crippen molar-refractivity contribution in [1.82, 2.24) is 0 Å². The van der Waals surface area contributed by atoms with E-state index < -0.39 is 24.1 Å². The maximum atomic E-state index is 11.0. The summed E-state index contributed by atoms with van der Waals surface area (Å²) in [5, 5.41) is 5.40. The molecule has 0 saturated carbocycles. The molecule has 132 valence electrons. The van der Waals surface area contributed by atoms with Crippen LogP contribution in [-0.4, -0.2) is 11.8 Å². The summed E-state index contributed by atoms with van der Waals surface area (Å²) >= 11 is -1.59. The molecule has 0 fully saturated rings. The van der Waals surface area contributed by atoms with Crippen LogP contribution in [0.15, 0.2) is 48.5 Å². The number of halogens is 2. The van der Waals surface area contributed by atoms with Crippen LogP contribution >= 0.6 is 0 Å². The van der Waals surface area contributed by atoms with Gasteiger partial charge in [0.15, 0.2) is 0 Å². The van der Waals surface area contributed by atoms with Crippen molar-refractivity contribution in [1.29, 1.82) is 0 Å². The molecule has 2 aromatic rings. The Balaban J connectivity index is 0.00000288. The molecular formula is C16H16Cl2N2O4Zr. The van der Waals surface area contributed by atoms with E-state index in [0.717, 1.165) is 0 Å². The third-order valence-electron chi connectivity index (χ3n) is 2.63. The van der Waals surface area contributed by atoms with Crippen LogP contribution in [0.25, 0.3) is 0 Å². The summed E-state index contributed by atoms with van der Waals surface area (Å²) in [6.45, 7) is 2.91. The summed E-state index contributed by atoms with van der Waals surface area (Å²) in [4.78, 5) is 22.1. The van der Waals surface area contributed by atoms with E-state index in [9.17, 15) is 9.59 Å². The van der Waals surface area contributed by atoms with Gasteiger partial charge in [-0.2, -0.15) is 0 Å². The van der Waals surface area contributed by atoms with E-state index in [-0.39, 0.29) is 36.6 Å². The van der Waals surface area contributed by atoms with E-state index in [4.69, 9.17) is 5.63 Å². The Morgan fingerprint density at radius 2 is 1.20 bits per heavy atom. The standard InChI is InChI=1S/2C8H9NO2.2ClH.Zr/c2*1-6(10)9-7-3-2-4-8(11)5-7;;;/h2*2-5,11H,1H3,(H,9,10);2*1H;/q;;;;+4/p-4. The Bertz CT molecular complexity index is 657. The van der Waals surface area contributed by atoms with Gasteiger partial charge in [0.1, 0.15) is 0 Å². The van der Waals surface area contributed by atoms with Crippen LogP contribution in [-0.2, 0) is 33.7 Å². The number of rotatable bonds is 6. The minimum atomic E-state index is -1.59. The number of anilines is 2. The van der Waals surface area contributed by atoms with Crippen LogP contribution in [0.1, 0.15) is 13.8 Å². The fraction of sp³-hybridized carbons (Fsp3) is 0.125. The predicted molar refractivity (Wildman–Crippen MR) is 82.7 cm³/mol. The maximum absolute atomic E-state index is 11.0. The number of carbonyl (C=O) groups excluding carboxylic acids is 2. The quantitative estimate of drug-likeness (QED) is 0.480. The number of amides is 2. The summed E-state index contributed by atoms with van der Waals surface area (Å²) in [5.74, 6) is 1.04. The van der Waals surface area contributed by atoms with E-state index in [2.05, 4.69) is 10.6 Å². The first-order valence-corrected chi connectivity index (χ1v) is 8.87.